The molecule has 2 N–H and O–H groups in total. The lowest BCUT2D eigenvalue weighted by molar-refractivity contribution is -0.141. The van der Waals surface area contributed by atoms with Crippen molar-refractivity contribution in [1.29, 1.82) is 0 Å². The highest BCUT2D eigenvalue weighted by Crippen LogP contribution is 2.47. The van der Waals surface area contributed by atoms with Crippen molar-refractivity contribution >= 4 is 5.82 Å². The minimum atomic E-state index is -4.48. The first-order valence-electron chi connectivity index (χ1n) is 6.74. The van der Waals surface area contributed by atoms with Crippen LogP contribution in [-0.2, 0) is 11.6 Å². The Labute approximate surface area is 120 Å². The third kappa shape index (κ3) is 2.60. The van der Waals surface area contributed by atoms with Crippen molar-refractivity contribution in [2.45, 2.75) is 31.4 Å². The number of halogens is 3. The maximum Gasteiger partial charge on any atom is 0.433 e. The summed E-state index contributed by atoms with van der Waals surface area (Å²) in [4.78, 5) is 3.46. The molecule has 0 radical (unpaired) electrons. The van der Waals surface area contributed by atoms with Gasteiger partial charge in [-0.15, -0.1) is 0 Å². The molecule has 0 saturated heterocycles. The van der Waals surface area contributed by atoms with Gasteiger partial charge < -0.3 is 5.73 Å². The highest BCUT2D eigenvalue weighted by Gasteiger charge is 2.38. The number of nitrogens with zero attached hydrogens (tertiary/aromatic N) is 1. The van der Waals surface area contributed by atoms with Gasteiger partial charge in [-0.25, -0.2) is 4.98 Å². The third-order valence-electron chi connectivity index (χ3n) is 4.11. The van der Waals surface area contributed by atoms with E-state index < -0.39 is 11.9 Å². The molecule has 2 aromatic rings. The largest absolute Gasteiger partial charge is 0.433 e. The van der Waals surface area contributed by atoms with Gasteiger partial charge in [0, 0.05) is 5.56 Å². The molecule has 0 bridgehead atoms. The molecule has 1 aliphatic rings. The molecule has 0 amide bonds. The van der Waals surface area contributed by atoms with Gasteiger partial charge in [0.05, 0.1) is 0 Å². The van der Waals surface area contributed by atoms with Crippen LogP contribution in [0.5, 0.6) is 0 Å². The van der Waals surface area contributed by atoms with Gasteiger partial charge in [0.15, 0.2) is 0 Å². The van der Waals surface area contributed by atoms with Crippen molar-refractivity contribution in [3.05, 3.63) is 47.7 Å². The number of hydrogen-bond donors (Lipinski definition) is 1. The van der Waals surface area contributed by atoms with Crippen LogP contribution < -0.4 is 5.73 Å². The van der Waals surface area contributed by atoms with Crippen molar-refractivity contribution in [2.24, 2.45) is 0 Å². The smallest absolute Gasteiger partial charge is 0.383 e. The van der Waals surface area contributed by atoms with Crippen LogP contribution in [0.1, 0.15) is 31.0 Å². The van der Waals surface area contributed by atoms with Gasteiger partial charge in [0.2, 0.25) is 0 Å². The predicted octanol–water partition coefficient (Wildman–Crippen LogP) is 4.40. The van der Waals surface area contributed by atoms with E-state index >= 15 is 0 Å². The molecule has 2 nitrogen and oxygen atoms in total. The van der Waals surface area contributed by atoms with Crippen LogP contribution in [0.3, 0.4) is 0 Å². The van der Waals surface area contributed by atoms with Crippen LogP contribution in [0.15, 0.2) is 36.4 Å². The first-order chi connectivity index (χ1) is 9.79. The van der Waals surface area contributed by atoms with E-state index in [1.807, 2.05) is 24.3 Å². The fourth-order valence-corrected chi connectivity index (χ4v) is 2.41. The molecule has 21 heavy (non-hydrogen) atoms. The number of pyridine rings is 1. The zero-order chi connectivity index (χ0) is 15.3. The number of nitrogen functional groups attached to an aromatic ring is 1. The van der Waals surface area contributed by atoms with Crippen molar-refractivity contribution in [3.8, 4) is 11.1 Å². The zero-order valence-electron chi connectivity index (χ0n) is 11.5. The Bertz CT molecular complexity index is 671. The highest BCUT2D eigenvalue weighted by molar-refractivity contribution is 5.74. The second-order valence-electron chi connectivity index (χ2n) is 5.77. The Balaban J connectivity index is 1.93. The molecular formula is C16H15F3N2. The summed E-state index contributed by atoms with van der Waals surface area (Å²) >= 11 is 0. The number of nitrogens with two attached hydrogens (primary N) is 1. The van der Waals surface area contributed by atoms with Crippen molar-refractivity contribution in [2.75, 3.05) is 5.73 Å². The third-order valence-corrected chi connectivity index (χ3v) is 4.11. The van der Waals surface area contributed by atoms with Gasteiger partial charge in [-0.2, -0.15) is 13.2 Å². The second kappa shape index (κ2) is 4.48. The van der Waals surface area contributed by atoms with E-state index in [1.165, 1.54) is 24.5 Å². The van der Waals surface area contributed by atoms with Crippen molar-refractivity contribution < 1.29 is 13.2 Å². The molecular weight excluding hydrogens is 277 g/mol. The Morgan fingerprint density at radius 2 is 1.67 bits per heavy atom. The van der Waals surface area contributed by atoms with Gasteiger partial charge in [-0.3, -0.25) is 0 Å². The van der Waals surface area contributed by atoms with Crippen molar-refractivity contribution in [3.63, 3.8) is 0 Å². The number of anilines is 1. The number of benzene rings is 1. The molecule has 5 heteroatoms. The fourth-order valence-electron chi connectivity index (χ4n) is 2.41. The minimum Gasteiger partial charge on any atom is -0.383 e. The summed E-state index contributed by atoms with van der Waals surface area (Å²) in [5.41, 5.74) is 7.53. The first-order valence-corrected chi connectivity index (χ1v) is 6.74. The van der Waals surface area contributed by atoms with Gasteiger partial charge in [-0.1, -0.05) is 31.2 Å². The monoisotopic (exact) mass is 292 g/mol. The molecule has 1 aromatic heterocycles. The van der Waals surface area contributed by atoms with Crippen LogP contribution in [0, 0.1) is 0 Å². The Morgan fingerprint density at radius 3 is 2.14 bits per heavy atom. The van der Waals surface area contributed by atoms with Crippen LogP contribution >= 0.6 is 0 Å². The highest BCUT2D eigenvalue weighted by atomic mass is 19.4. The number of alkyl halides is 3. The quantitative estimate of drug-likeness (QED) is 0.891. The van der Waals surface area contributed by atoms with Gasteiger partial charge in [0.25, 0.3) is 0 Å². The summed E-state index contributed by atoms with van der Waals surface area (Å²) in [6.45, 7) is 2.20. The average molecular weight is 292 g/mol. The molecule has 0 unspecified atom stereocenters. The average Bonchev–Trinajstić information content (AvgIpc) is 3.17. The number of aromatic nitrogens is 1. The van der Waals surface area contributed by atoms with E-state index in [-0.39, 0.29) is 11.2 Å². The molecule has 0 aliphatic heterocycles. The maximum atomic E-state index is 12.6. The predicted molar refractivity (Wildman–Crippen MR) is 75.7 cm³/mol. The summed E-state index contributed by atoms with van der Waals surface area (Å²) in [6.07, 6.45) is -2.12. The molecule has 1 fully saturated rings. The van der Waals surface area contributed by atoms with Gasteiger partial charge >= 0.3 is 6.18 Å². The molecule has 1 aromatic carbocycles. The minimum absolute atomic E-state index is 0.102. The first kappa shape index (κ1) is 13.9. The van der Waals surface area contributed by atoms with Crippen LogP contribution in [0.25, 0.3) is 11.1 Å². The summed E-state index contributed by atoms with van der Waals surface area (Å²) < 4.78 is 37.7. The number of rotatable bonds is 2. The summed E-state index contributed by atoms with van der Waals surface area (Å²) in [5.74, 6) is -0.102. The molecule has 110 valence electrons. The summed E-state index contributed by atoms with van der Waals surface area (Å²) in [7, 11) is 0. The normalized spacial score (nSPS) is 16.8. The van der Waals surface area contributed by atoms with Crippen molar-refractivity contribution in [1.82, 2.24) is 4.98 Å². The lowest BCUT2D eigenvalue weighted by Gasteiger charge is -2.12. The molecule has 3 rings (SSSR count). The van der Waals surface area contributed by atoms with E-state index in [4.69, 9.17) is 5.73 Å². The molecule has 0 atom stereocenters. The SMILES string of the molecule is CC1(c2ccc(-c3ccc(C(F)(F)F)nc3N)cc2)CC1. The molecule has 1 heterocycles. The lowest BCUT2D eigenvalue weighted by atomic mass is 9.95. The van der Waals surface area contributed by atoms with E-state index in [0.717, 1.165) is 11.6 Å². The lowest BCUT2D eigenvalue weighted by Crippen LogP contribution is -2.09. The Kier molecular flexibility index (Phi) is 2.97. The summed E-state index contributed by atoms with van der Waals surface area (Å²) in [6, 6.07) is 10.1. The van der Waals surface area contributed by atoms with Crippen LogP contribution in [0.2, 0.25) is 0 Å². The molecule has 0 spiro atoms. The maximum absolute atomic E-state index is 12.6. The Morgan fingerprint density at radius 1 is 1.05 bits per heavy atom. The molecule has 1 saturated carbocycles. The van der Waals surface area contributed by atoms with E-state index in [1.54, 1.807) is 0 Å². The second-order valence-corrected chi connectivity index (χ2v) is 5.77. The zero-order valence-corrected chi connectivity index (χ0v) is 11.5. The van der Waals surface area contributed by atoms with E-state index in [0.29, 0.717) is 5.56 Å². The van der Waals surface area contributed by atoms with Gasteiger partial charge in [-0.05, 0) is 41.5 Å². The molecule has 1 aliphatic carbocycles. The van der Waals surface area contributed by atoms with Gasteiger partial charge in [0.1, 0.15) is 11.5 Å². The van der Waals surface area contributed by atoms with Crippen LogP contribution in [0.4, 0.5) is 19.0 Å². The fraction of sp³-hybridized carbons (Fsp3) is 0.312. The van der Waals surface area contributed by atoms with E-state index in [9.17, 15) is 13.2 Å². The van der Waals surface area contributed by atoms with Crippen LogP contribution in [-0.4, -0.2) is 4.98 Å². The van der Waals surface area contributed by atoms with E-state index in [2.05, 4.69) is 11.9 Å². The number of hydrogen-bond acceptors (Lipinski definition) is 2. The Hall–Kier alpha value is -2.04. The summed E-state index contributed by atoms with van der Waals surface area (Å²) in [5, 5.41) is 0. The standard InChI is InChI=1S/C16H15F3N2/c1-15(8-9-15)11-4-2-10(3-5-11)12-6-7-13(16(17,18)19)21-14(12)20/h2-7H,8-9H2,1H3,(H2,20,21). The topological polar surface area (TPSA) is 38.9 Å².